The maximum absolute atomic E-state index is 13.5. The van der Waals surface area contributed by atoms with Crippen LogP contribution >= 0.6 is 0 Å². The van der Waals surface area contributed by atoms with E-state index in [0.717, 1.165) is 16.7 Å². The summed E-state index contributed by atoms with van der Waals surface area (Å²) in [6.07, 6.45) is -6.29. The number of halogens is 4. The second-order valence-electron chi connectivity index (χ2n) is 9.52. The van der Waals surface area contributed by atoms with Gasteiger partial charge in [-0.15, -0.1) is 0 Å². The number of ether oxygens (including phenoxy) is 1. The zero-order chi connectivity index (χ0) is 31.7. The first-order valence-electron chi connectivity index (χ1n) is 13.3. The van der Waals surface area contributed by atoms with Crippen molar-refractivity contribution >= 4 is 23.5 Å². The van der Waals surface area contributed by atoms with Gasteiger partial charge < -0.3 is 20.2 Å². The number of carbonyl (C=O) groups excluding carboxylic acids is 3. The van der Waals surface area contributed by atoms with Crippen molar-refractivity contribution in [1.29, 1.82) is 0 Å². The standard InChI is InChI=1S/C32H27F4N3O5/c33-25-14-12-24(13-15-25)23-10-8-21(9-11-23)20-39(30(41)17-16-29(40)38-44-31(42)32(34,35)36)27-6-1-2-7-28(27)43-26-5-3-4-22(18-26)19-37/h1-15,18H,16-17,19-20,37H2,(H,38,40). The lowest BCUT2D eigenvalue weighted by atomic mass is 10.0. The summed E-state index contributed by atoms with van der Waals surface area (Å²) in [6, 6.07) is 27.0. The van der Waals surface area contributed by atoms with Gasteiger partial charge in [0.1, 0.15) is 11.6 Å². The van der Waals surface area contributed by atoms with Crippen molar-refractivity contribution in [3.05, 3.63) is 114 Å². The Morgan fingerprint density at radius 1 is 0.795 bits per heavy atom. The monoisotopic (exact) mass is 609 g/mol. The number of anilines is 1. The molecule has 0 heterocycles. The minimum Gasteiger partial charge on any atom is -0.455 e. The van der Waals surface area contributed by atoms with E-state index in [1.54, 1.807) is 66.7 Å². The lowest BCUT2D eigenvalue weighted by molar-refractivity contribution is -0.207. The molecule has 0 aromatic heterocycles. The lowest BCUT2D eigenvalue weighted by Gasteiger charge is -2.25. The van der Waals surface area contributed by atoms with Gasteiger partial charge in [-0.05, 0) is 58.7 Å². The maximum Gasteiger partial charge on any atom is 0.493 e. The number of benzene rings is 4. The van der Waals surface area contributed by atoms with E-state index in [1.807, 2.05) is 18.2 Å². The Morgan fingerprint density at radius 2 is 1.45 bits per heavy atom. The highest BCUT2D eigenvalue weighted by atomic mass is 19.4. The molecule has 2 amide bonds. The van der Waals surface area contributed by atoms with E-state index < -0.39 is 36.8 Å². The summed E-state index contributed by atoms with van der Waals surface area (Å²) < 4.78 is 56.6. The molecule has 0 radical (unpaired) electrons. The number of carbonyl (C=O) groups is 3. The first kappa shape index (κ1) is 31.7. The molecule has 12 heteroatoms. The van der Waals surface area contributed by atoms with Crippen LogP contribution in [0.25, 0.3) is 11.1 Å². The molecule has 8 nitrogen and oxygen atoms in total. The van der Waals surface area contributed by atoms with Gasteiger partial charge in [0.05, 0.1) is 12.2 Å². The number of nitrogens with zero attached hydrogens (tertiary/aromatic N) is 1. The Kier molecular flexibility index (Phi) is 10.3. The Hall–Kier alpha value is -5.23. The minimum atomic E-state index is -5.29. The molecule has 0 unspecified atom stereocenters. The van der Waals surface area contributed by atoms with Gasteiger partial charge in [0.2, 0.25) is 5.91 Å². The van der Waals surface area contributed by atoms with Crippen LogP contribution in [-0.2, 0) is 32.3 Å². The molecule has 4 aromatic carbocycles. The average molecular weight is 610 g/mol. The smallest absolute Gasteiger partial charge is 0.455 e. The van der Waals surface area contributed by atoms with Crippen molar-refractivity contribution in [3.8, 4) is 22.6 Å². The van der Waals surface area contributed by atoms with Crippen LogP contribution in [0.3, 0.4) is 0 Å². The number of nitrogens with one attached hydrogen (secondary N) is 1. The molecule has 4 aromatic rings. The van der Waals surface area contributed by atoms with Crippen molar-refractivity contribution in [3.63, 3.8) is 0 Å². The summed E-state index contributed by atoms with van der Waals surface area (Å²) in [5.74, 6) is -3.81. The molecular weight excluding hydrogens is 582 g/mol. The van der Waals surface area contributed by atoms with Crippen LogP contribution in [0, 0.1) is 5.82 Å². The van der Waals surface area contributed by atoms with Gasteiger partial charge >= 0.3 is 12.1 Å². The minimum absolute atomic E-state index is 0.0381. The molecule has 0 saturated heterocycles. The molecule has 0 aliphatic heterocycles. The van der Waals surface area contributed by atoms with Crippen molar-refractivity contribution in [1.82, 2.24) is 5.48 Å². The molecule has 0 atom stereocenters. The van der Waals surface area contributed by atoms with Crippen molar-refractivity contribution in [2.45, 2.75) is 32.1 Å². The third kappa shape index (κ3) is 8.65. The van der Waals surface area contributed by atoms with Crippen LogP contribution in [0.4, 0.5) is 23.2 Å². The van der Waals surface area contributed by atoms with E-state index in [1.165, 1.54) is 22.5 Å². The molecule has 0 saturated carbocycles. The molecule has 0 spiro atoms. The van der Waals surface area contributed by atoms with Crippen LogP contribution in [0.1, 0.15) is 24.0 Å². The number of hydrogen-bond donors (Lipinski definition) is 2. The van der Waals surface area contributed by atoms with Crippen LogP contribution < -0.4 is 20.9 Å². The summed E-state index contributed by atoms with van der Waals surface area (Å²) >= 11 is 0. The lowest BCUT2D eigenvalue weighted by Crippen LogP contribution is -2.36. The summed E-state index contributed by atoms with van der Waals surface area (Å²) in [5.41, 5.74) is 10.7. The van der Waals surface area contributed by atoms with Gasteiger partial charge in [-0.3, -0.25) is 9.59 Å². The second kappa shape index (κ2) is 14.3. The van der Waals surface area contributed by atoms with Crippen LogP contribution in [0.15, 0.2) is 97.1 Å². The first-order chi connectivity index (χ1) is 21.0. The summed E-state index contributed by atoms with van der Waals surface area (Å²) in [5, 5.41) is 0. The fourth-order valence-electron chi connectivity index (χ4n) is 4.13. The van der Waals surface area contributed by atoms with Crippen LogP contribution in [0.2, 0.25) is 0 Å². The Labute approximate surface area is 249 Å². The highest BCUT2D eigenvalue weighted by molar-refractivity contribution is 5.96. The van der Waals surface area contributed by atoms with Gasteiger partial charge in [-0.2, -0.15) is 18.7 Å². The number of hydroxylamine groups is 1. The Morgan fingerprint density at radius 3 is 2.11 bits per heavy atom. The van der Waals surface area contributed by atoms with Crippen LogP contribution in [-0.4, -0.2) is 24.0 Å². The van der Waals surface area contributed by atoms with Gasteiger partial charge in [-0.1, -0.05) is 60.7 Å². The molecule has 228 valence electrons. The van der Waals surface area contributed by atoms with E-state index >= 15 is 0 Å². The van der Waals surface area contributed by atoms with Crippen LogP contribution in [0.5, 0.6) is 11.5 Å². The molecule has 0 aliphatic rings. The van der Waals surface area contributed by atoms with Gasteiger partial charge in [0, 0.05) is 19.4 Å². The molecule has 4 rings (SSSR count). The summed E-state index contributed by atoms with van der Waals surface area (Å²) in [7, 11) is 0. The zero-order valence-electron chi connectivity index (χ0n) is 23.1. The zero-order valence-corrected chi connectivity index (χ0v) is 23.1. The average Bonchev–Trinajstić information content (AvgIpc) is 3.02. The molecule has 0 aliphatic carbocycles. The first-order valence-corrected chi connectivity index (χ1v) is 13.3. The van der Waals surface area contributed by atoms with E-state index in [-0.39, 0.29) is 18.9 Å². The number of nitrogens with two attached hydrogens (primary N) is 1. The third-order valence-electron chi connectivity index (χ3n) is 6.35. The topological polar surface area (TPSA) is 111 Å². The maximum atomic E-state index is 13.5. The highest BCUT2D eigenvalue weighted by Gasteiger charge is 2.42. The molecular formula is C32H27F4N3O5. The van der Waals surface area contributed by atoms with Gasteiger partial charge in [-0.25, -0.2) is 9.18 Å². The number of rotatable bonds is 10. The summed E-state index contributed by atoms with van der Waals surface area (Å²) in [6.45, 7) is 0.328. The van der Waals surface area contributed by atoms with E-state index in [9.17, 15) is 31.9 Å². The highest BCUT2D eigenvalue weighted by Crippen LogP contribution is 2.34. The normalized spacial score (nSPS) is 11.0. The third-order valence-corrected chi connectivity index (χ3v) is 6.35. The van der Waals surface area contributed by atoms with Gasteiger partial charge in [0.15, 0.2) is 5.75 Å². The second-order valence-corrected chi connectivity index (χ2v) is 9.52. The van der Waals surface area contributed by atoms with Gasteiger partial charge in [0.25, 0.3) is 5.91 Å². The Bertz CT molecular complexity index is 1610. The van der Waals surface area contributed by atoms with E-state index in [2.05, 4.69) is 4.84 Å². The predicted molar refractivity (Wildman–Crippen MR) is 153 cm³/mol. The Balaban J connectivity index is 1.57. The number of amides is 2. The molecule has 44 heavy (non-hydrogen) atoms. The van der Waals surface area contributed by atoms with E-state index in [4.69, 9.17) is 10.5 Å². The number of para-hydroxylation sites is 2. The fourth-order valence-corrected chi connectivity index (χ4v) is 4.13. The summed E-state index contributed by atoms with van der Waals surface area (Å²) in [4.78, 5) is 41.6. The number of alkyl halides is 3. The SMILES string of the molecule is NCc1cccc(Oc2ccccc2N(Cc2ccc(-c3ccc(F)cc3)cc2)C(=O)CCC(=O)NOC(=O)C(F)(F)F)c1. The molecule has 0 fully saturated rings. The number of hydrogen-bond acceptors (Lipinski definition) is 6. The fraction of sp³-hybridized carbons (Fsp3) is 0.156. The largest absolute Gasteiger partial charge is 0.493 e. The van der Waals surface area contributed by atoms with Crippen molar-refractivity contribution in [2.24, 2.45) is 5.73 Å². The van der Waals surface area contributed by atoms with Crippen molar-refractivity contribution < 1.29 is 41.5 Å². The molecule has 0 bridgehead atoms. The quantitative estimate of drug-likeness (QED) is 0.164. The molecule has 3 N–H and O–H groups in total. The van der Waals surface area contributed by atoms with Crippen molar-refractivity contribution in [2.75, 3.05) is 4.90 Å². The predicted octanol–water partition coefficient (Wildman–Crippen LogP) is 6.19. The van der Waals surface area contributed by atoms with E-state index in [0.29, 0.717) is 22.7 Å².